The van der Waals surface area contributed by atoms with Gasteiger partial charge in [-0.1, -0.05) is 13.0 Å². The lowest BCUT2D eigenvalue weighted by Crippen LogP contribution is -2.46. The van der Waals surface area contributed by atoms with Crippen molar-refractivity contribution in [3.8, 4) is 10.7 Å². The fourth-order valence-electron chi connectivity index (χ4n) is 1.96. The van der Waals surface area contributed by atoms with Gasteiger partial charge in [0.1, 0.15) is 12.6 Å². The molecular formula is C14H19N5O2S2. The summed E-state index contributed by atoms with van der Waals surface area (Å²) in [6.45, 7) is 4.22. The predicted molar refractivity (Wildman–Crippen MR) is 91.6 cm³/mol. The molecule has 0 aliphatic heterocycles. The molecule has 2 aromatic rings. The van der Waals surface area contributed by atoms with Crippen LogP contribution in [0, 0.1) is 4.77 Å². The molecule has 2 amide bonds. The Bertz CT molecular complexity index is 720. The van der Waals surface area contributed by atoms with E-state index in [0.717, 1.165) is 11.3 Å². The largest absolute Gasteiger partial charge is 0.354 e. The molecule has 9 heteroatoms. The minimum absolute atomic E-state index is 0.00790. The van der Waals surface area contributed by atoms with Gasteiger partial charge in [0.15, 0.2) is 10.6 Å². The molecule has 0 saturated carbocycles. The normalized spacial score (nSPS) is 11.9. The Morgan fingerprint density at radius 3 is 2.96 bits per heavy atom. The highest BCUT2D eigenvalue weighted by molar-refractivity contribution is 7.71. The van der Waals surface area contributed by atoms with E-state index in [4.69, 9.17) is 12.2 Å². The molecule has 23 heavy (non-hydrogen) atoms. The molecule has 2 aromatic heterocycles. The maximum atomic E-state index is 12.2. The summed E-state index contributed by atoms with van der Waals surface area (Å²) < 4.78 is 1.99. The predicted octanol–water partition coefficient (Wildman–Crippen LogP) is 1.70. The van der Waals surface area contributed by atoms with Crippen LogP contribution in [-0.2, 0) is 16.1 Å². The van der Waals surface area contributed by atoms with E-state index < -0.39 is 6.04 Å². The summed E-state index contributed by atoms with van der Waals surface area (Å²) in [5.41, 5.74) is 0. The summed E-state index contributed by atoms with van der Waals surface area (Å²) >= 11 is 6.69. The maximum absolute atomic E-state index is 12.2. The highest BCUT2D eigenvalue weighted by Gasteiger charge is 2.17. The average molecular weight is 353 g/mol. The fraction of sp³-hybridized carbons (Fsp3) is 0.429. The zero-order chi connectivity index (χ0) is 16.8. The third-order valence-corrected chi connectivity index (χ3v) is 4.30. The van der Waals surface area contributed by atoms with E-state index in [2.05, 4.69) is 20.8 Å². The highest BCUT2D eigenvalue weighted by Crippen LogP contribution is 2.22. The zero-order valence-corrected chi connectivity index (χ0v) is 14.6. The Balaban J connectivity index is 2.02. The van der Waals surface area contributed by atoms with E-state index in [-0.39, 0.29) is 18.4 Å². The van der Waals surface area contributed by atoms with Crippen molar-refractivity contribution in [2.45, 2.75) is 32.9 Å². The average Bonchev–Trinajstić information content (AvgIpc) is 3.15. The van der Waals surface area contributed by atoms with Crippen molar-refractivity contribution in [2.75, 3.05) is 6.54 Å². The second-order valence-corrected chi connectivity index (χ2v) is 6.33. The van der Waals surface area contributed by atoms with Gasteiger partial charge in [0.25, 0.3) is 0 Å². The summed E-state index contributed by atoms with van der Waals surface area (Å²) in [6.07, 6.45) is 0.848. The SMILES string of the molecule is CCCNC(=O)C(C)NC(=O)Cn1c(-c2cccs2)n[nH]c1=S. The third-order valence-electron chi connectivity index (χ3n) is 3.12. The van der Waals surface area contributed by atoms with Gasteiger partial charge in [0.05, 0.1) is 4.88 Å². The molecule has 0 fully saturated rings. The molecule has 0 aromatic carbocycles. The van der Waals surface area contributed by atoms with E-state index in [1.807, 2.05) is 24.4 Å². The molecule has 2 rings (SSSR count). The van der Waals surface area contributed by atoms with Crippen molar-refractivity contribution >= 4 is 35.4 Å². The molecular weight excluding hydrogens is 334 g/mol. The number of nitrogens with one attached hydrogen (secondary N) is 3. The standard InChI is InChI=1S/C14H19N5O2S2/c1-3-6-15-13(21)9(2)16-11(20)8-19-12(17-18-14(19)22)10-5-4-7-23-10/h4-5,7,9H,3,6,8H2,1-2H3,(H,15,21)(H,16,20)(H,18,22). The molecule has 3 N–H and O–H groups in total. The van der Waals surface area contributed by atoms with Gasteiger partial charge in [-0.2, -0.15) is 5.10 Å². The number of hydrogen-bond acceptors (Lipinski definition) is 5. The summed E-state index contributed by atoms with van der Waals surface area (Å²) in [4.78, 5) is 24.9. The molecule has 0 spiro atoms. The monoisotopic (exact) mass is 353 g/mol. The lowest BCUT2D eigenvalue weighted by Gasteiger charge is -2.14. The van der Waals surface area contributed by atoms with E-state index in [1.165, 1.54) is 11.3 Å². The topological polar surface area (TPSA) is 91.8 Å². The first-order valence-corrected chi connectivity index (χ1v) is 8.58. The van der Waals surface area contributed by atoms with Crippen LogP contribution >= 0.6 is 23.6 Å². The number of hydrogen-bond donors (Lipinski definition) is 3. The minimum Gasteiger partial charge on any atom is -0.354 e. The number of rotatable bonds is 7. The fourth-order valence-corrected chi connectivity index (χ4v) is 2.87. The first-order chi connectivity index (χ1) is 11.0. The molecule has 0 aliphatic rings. The van der Waals surface area contributed by atoms with Crippen LogP contribution in [-0.4, -0.2) is 39.2 Å². The summed E-state index contributed by atoms with van der Waals surface area (Å²) in [6, 6.07) is 3.22. The van der Waals surface area contributed by atoms with Crippen LogP contribution in [0.1, 0.15) is 20.3 Å². The van der Waals surface area contributed by atoms with Crippen LogP contribution in [0.15, 0.2) is 17.5 Å². The number of carbonyl (C=O) groups is 2. The van der Waals surface area contributed by atoms with Crippen molar-refractivity contribution in [3.63, 3.8) is 0 Å². The maximum Gasteiger partial charge on any atom is 0.242 e. The molecule has 0 bridgehead atoms. The molecule has 124 valence electrons. The summed E-state index contributed by atoms with van der Waals surface area (Å²) in [5.74, 6) is 0.122. The van der Waals surface area contributed by atoms with Gasteiger partial charge >= 0.3 is 0 Å². The van der Waals surface area contributed by atoms with Crippen LogP contribution in [0.2, 0.25) is 0 Å². The van der Waals surface area contributed by atoms with Crippen LogP contribution < -0.4 is 10.6 Å². The lowest BCUT2D eigenvalue weighted by atomic mass is 10.3. The van der Waals surface area contributed by atoms with Crippen LogP contribution in [0.5, 0.6) is 0 Å². The van der Waals surface area contributed by atoms with Gasteiger partial charge < -0.3 is 10.6 Å². The molecule has 1 atom stereocenters. The van der Waals surface area contributed by atoms with Gasteiger partial charge in [0, 0.05) is 6.54 Å². The Morgan fingerprint density at radius 2 is 2.30 bits per heavy atom. The van der Waals surface area contributed by atoms with Gasteiger partial charge in [-0.3, -0.25) is 19.3 Å². The summed E-state index contributed by atoms with van der Waals surface area (Å²) in [7, 11) is 0. The van der Waals surface area contributed by atoms with Gasteiger partial charge in [-0.05, 0) is 37.0 Å². The van der Waals surface area contributed by atoms with Crippen molar-refractivity contribution in [1.82, 2.24) is 25.4 Å². The highest BCUT2D eigenvalue weighted by atomic mass is 32.1. The Hall–Kier alpha value is -2.00. The van der Waals surface area contributed by atoms with Crippen LogP contribution in [0.3, 0.4) is 0 Å². The van der Waals surface area contributed by atoms with Crippen molar-refractivity contribution in [2.24, 2.45) is 0 Å². The quantitative estimate of drug-likeness (QED) is 0.661. The first-order valence-electron chi connectivity index (χ1n) is 7.29. The molecule has 0 saturated heterocycles. The van der Waals surface area contributed by atoms with Crippen molar-refractivity contribution < 1.29 is 9.59 Å². The van der Waals surface area contributed by atoms with E-state index >= 15 is 0 Å². The zero-order valence-electron chi connectivity index (χ0n) is 13.0. The molecule has 1 unspecified atom stereocenters. The van der Waals surface area contributed by atoms with Gasteiger partial charge in [-0.15, -0.1) is 11.3 Å². The van der Waals surface area contributed by atoms with Crippen molar-refractivity contribution in [1.29, 1.82) is 0 Å². The smallest absolute Gasteiger partial charge is 0.242 e. The number of H-pyrrole nitrogens is 1. The van der Waals surface area contributed by atoms with Gasteiger partial charge in [-0.25, -0.2) is 0 Å². The number of aromatic nitrogens is 3. The number of aromatic amines is 1. The number of amides is 2. The minimum atomic E-state index is -0.597. The van der Waals surface area contributed by atoms with E-state index in [9.17, 15) is 9.59 Å². The number of nitrogens with zero attached hydrogens (tertiary/aromatic N) is 2. The van der Waals surface area contributed by atoms with E-state index in [1.54, 1.807) is 11.5 Å². The Kier molecular flexibility index (Phi) is 6.05. The number of thiophene rings is 1. The number of carbonyl (C=O) groups excluding carboxylic acids is 2. The van der Waals surface area contributed by atoms with Crippen LogP contribution in [0.25, 0.3) is 10.7 Å². The van der Waals surface area contributed by atoms with E-state index in [0.29, 0.717) is 17.1 Å². The third kappa shape index (κ3) is 4.49. The molecule has 2 heterocycles. The Labute approximate surface area is 143 Å². The first kappa shape index (κ1) is 17.4. The van der Waals surface area contributed by atoms with Crippen LogP contribution in [0.4, 0.5) is 0 Å². The van der Waals surface area contributed by atoms with Crippen molar-refractivity contribution in [3.05, 3.63) is 22.3 Å². The van der Waals surface area contributed by atoms with Gasteiger partial charge in [0.2, 0.25) is 11.8 Å². The second kappa shape index (κ2) is 8.02. The molecule has 7 nitrogen and oxygen atoms in total. The lowest BCUT2D eigenvalue weighted by molar-refractivity contribution is -0.128. The molecule has 0 aliphatic carbocycles. The Morgan fingerprint density at radius 1 is 1.52 bits per heavy atom. The second-order valence-electron chi connectivity index (χ2n) is 5.00. The molecule has 0 radical (unpaired) electrons. The summed E-state index contributed by atoms with van der Waals surface area (Å²) in [5, 5.41) is 14.2.